The van der Waals surface area contributed by atoms with Crippen LogP contribution in [0.15, 0.2) is 28.6 Å². The van der Waals surface area contributed by atoms with Crippen LogP contribution < -0.4 is 10.0 Å². The maximum atomic E-state index is 12.6. The number of aryl methyl sites for hydroxylation is 1. The molecule has 2 amide bonds. The first-order valence-corrected chi connectivity index (χ1v) is 10.0. The van der Waals surface area contributed by atoms with Crippen molar-refractivity contribution >= 4 is 33.6 Å². The van der Waals surface area contributed by atoms with Gasteiger partial charge in [-0.25, -0.2) is 0 Å². The van der Waals surface area contributed by atoms with E-state index in [0.29, 0.717) is 6.54 Å². The maximum absolute atomic E-state index is 12.6. The molecule has 10 heteroatoms. The Hall–Kier alpha value is -1.75. The van der Waals surface area contributed by atoms with Crippen LogP contribution in [-0.2, 0) is 15.3 Å². The SMILES string of the molecule is CNSC(=O)NC(=O)C(CN=S(=O)=O)N1CCCC1c1ccc(C)cc1. The quantitative estimate of drug-likeness (QED) is 0.702. The predicted octanol–water partition coefficient (Wildman–Crippen LogP) is 1.67. The summed E-state index contributed by atoms with van der Waals surface area (Å²) in [5.74, 6) is -0.550. The molecule has 1 saturated heterocycles. The molecule has 1 aliphatic rings. The van der Waals surface area contributed by atoms with Crippen LogP contribution in [0.4, 0.5) is 4.79 Å². The Morgan fingerprint density at radius 1 is 1.35 bits per heavy atom. The van der Waals surface area contributed by atoms with Crippen LogP contribution >= 0.6 is 11.9 Å². The fourth-order valence-corrected chi connectivity index (χ4v) is 3.68. The van der Waals surface area contributed by atoms with E-state index in [1.165, 1.54) is 0 Å². The Morgan fingerprint density at radius 3 is 2.65 bits per heavy atom. The van der Waals surface area contributed by atoms with Gasteiger partial charge < -0.3 is 0 Å². The van der Waals surface area contributed by atoms with Crippen molar-refractivity contribution in [3.8, 4) is 0 Å². The largest absolute Gasteiger partial charge is 0.311 e. The minimum absolute atomic E-state index is 0.0197. The molecule has 2 rings (SSSR count). The van der Waals surface area contributed by atoms with Crippen LogP contribution in [0, 0.1) is 6.92 Å². The number of hydrogen-bond acceptors (Lipinski definition) is 8. The summed E-state index contributed by atoms with van der Waals surface area (Å²) in [5.41, 5.74) is 2.20. The Labute approximate surface area is 158 Å². The number of imide groups is 1. The highest BCUT2D eigenvalue weighted by Crippen LogP contribution is 2.34. The molecule has 2 atom stereocenters. The Morgan fingerprint density at radius 2 is 2.04 bits per heavy atom. The molecule has 1 heterocycles. The highest BCUT2D eigenvalue weighted by atomic mass is 32.2. The van der Waals surface area contributed by atoms with E-state index in [0.717, 1.165) is 35.9 Å². The van der Waals surface area contributed by atoms with Gasteiger partial charge in [0.25, 0.3) is 0 Å². The lowest BCUT2D eigenvalue weighted by molar-refractivity contribution is -0.125. The Balaban J connectivity index is 2.24. The molecule has 8 nitrogen and oxygen atoms in total. The number of rotatable bonds is 6. The monoisotopic (exact) mass is 398 g/mol. The molecule has 0 saturated carbocycles. The average Bonchev–Trinajstić information content (AvgIpc) is 3.05. The zero-order valence-corrected chi connectivity index (χ0v) is 16.3. The molecular formula is C16H22N4O4S2. The second kappa shape index (κ2) is 9.81. The summed E-state index contributed by atoms with van der Waals surface area (Å²) >= 11 is 0.751. The summed E-state index contributed by atoms with van der Waals surface area (Å²) in [5, 5.41) is 1.74. The summed E-state index contributed by atoms with van der Waals surface area (Å²) in [6.07, 6.45) is 1.73. The molecular weight excluding hydrogens is 376 g/mol. The minimum atomic E-state index is -2.61. The topological polar surface area (TPSA) is 108 Å². The number of nitrogens with one attached hydrogen (secondary N) is 2. The number of amides is 2. The molecule has 1 fully saturated rings. The van der Waals surface area contributed by atoms with Gasteiger partial charge >= 0.3 is 15.7 Å². The van der Waals surface area contributed by atoms with E-state index in [2.05, 4.69) is 14.4 Å². The molecule has 0 aromatic heterocycles. The van der Waals surface area contributed by atoms with Crippen molar-refractivity contribution < 1.29 is 18.0 Å². The number of nitrogens with zero attached hydrogens (tertiary/aromatic N) is 2. The van der Waals surface area contributed by atoms with Gasteiger partial charge in [-0.05, 0) is 38.9 Å². The molecule has 0 spiro atoms. The zero-order chi connectivity index (χ0) is 19.1. The van der Waals surface area contributed by atoms with E-state index in [1.54, 1.807) is 7.05 Å². The third-order valence-electron chi connectivity index (χ3n) is 4.23. The first kappa shape index (κ1) is 20.6. The van der Waals surface area contributed by atoms with Crippen molar-refractivity contribution in [3.63, 3.8) is 0 Å². The van der Waals surface area contributed by atoms with Gasteiger partial charge in [0.15, 0.2) is 0 Å². The van der Waals surface area contributed by atoms with Gasteiger partial charge in [0.1, 0.15) is 6.04 Å². The van der Waals surface area contributed by atoms with Crippen molar-refractivity contribution in [2.45, 2.75) is 31.8 Å². The number of carbonyl (C=O) groups is 2. The molecule has 142 valence electrons. The van der Waals surface area contributed by atoms with Crippen molar-refractivity contribution in [1.82, 2.24) is 14.9 Å². The summed E-state index contributed by atoms with van der Waals surface area (Å²) in [7, 11) is -1.05. The second-order valence-corrected chi connectivity index (χ2v) is 7.61. The molecule has 26 heavy (non-hydrogen) atoms. The number of hydrogen-bond donors (Lipinski definition) is 2. The van der Waals surface area contributed by atoms with Gasteiger partial charge in [-0.2, -0.15) is 12.8 Å². The Kier molecular flexibility index (Phi) is 7.76. The van der Waals surface area contributed by atoms with Crippen LogP contribution in [0.2, 0.25) is 0 Å². The fourth-order valence-electron chi connectivity index (χ4n) is 3.08. The van der Waals surface area contributed by atoms with E-state index < -0.39 is 27.7 Å². The standard InChI is InChI=1S/C16H22N4O4S2/c1-11-5-7-12(8-6-11)13-4-3-9-20(13)14(10-18-26(23)24)15(21)19-16(22)25-17-2/h5-8,13-14,17H,3-4,9-10H2,1-2H3,(H,19,21,22). The average molecular weight is 399 g/mol. The zero-order valence-electron chi connectivity index (χ0n) is 14.6. The normalized spacial score (nSPS) is 18.3. The number of carbonyl (C=O) groups excluding carboxylic acids is 2. The van der Waals surface area contributed by atoms with Crippen LogP contribution in [0.25, 0.3) is 0 Å². The van der Waals surface area contributed by atoms with Gasteiger partial charge in [-0.3, -0.25) is 24.5 Å². The second-order valence-electron chi connectivity index (χ2n) is 5.93. The lowest BCUT2D eigenvalue weighted by atomic mass is 10.0. The van der Waals surface area contributed by atoms with Gasteiger partial charge in [0.2, 0.25) is 5.91 Å². The van der Waals surface area contributed by atoms with Crippen molar-refractivity contribution in [3.05, 3.63) is 35.4 Å². The van der Waals surface area contributed by atoms with Crippen LogP contribution in [0.3, 0.4) is 0 Å². The fraction of sp³-hybridized carbons (Fsp3) is 0.500. The van der Waals surface area contributed by atoms with Gasteiger partial charge in [0.05, 0.1) is 6.54 Å². The lowest BCUT2D eigenvalue weighted by Crippen LogP contribution is -2.49. The van der Waals surface area contributed by atoms with Gasteiger partial charge in [-0.15, -0.1) is 0 Å². The first-order valence-electron chi connectivity index (χ1n) is 8.20. The van der Waals surface area contributed by atoms with Crippen molar-refractivity contribution in [2.24, 2.45) is 4.36 Å². The van der Waals surface area contributed by atoms with Crippen molar-refractivity contribution in [2.75, 3.05) is 20.1 Å². The smallest absolute Gasteiger partial charge is 0.285 e. The van der Waals surface area contributed by atoms with Crippen molar-refractivity contribution in [1.29, 1.82) is 0 Å². The van der Waals surface area contributed by atoms with Crippen LogP contribution in [-0.4, -0.2) is 50.6 Å². The first-order chi connectivity index (χ1) is 12.4. The molecule has 0 radical (unpaired) electrons. The minimum Gasteiger partial charge on any atom is -0.285 e. The molecule has 1 aromatic rings. The van der Waals surface area contributed by atoms with Gasteiger partial charge in [-0.1, -0.05) is 29.8 Å². The summed E-state index contributed by atoms with van der Waals surface area (Å²) in [6, 6.07) is 7.18. The molecule has 2 N–H and O–H groups in total. The lowest BCUT2D eigenvalue weighted by Gasteiger charge is -2.31. The molecule has 2 unspecified atom stereocenters. The van der Waals surface area contributed by atoms with E-state index in [4.69, 9.17) is 0 Å². The van der Waals surface area contributed by atoms with Gasteiger partial charge in [0, 0.05) is 18.0 Å². The summed E-state index contributed by atoms with van der Waals surface area (Å²) in [6.45, 7) is 2.41. The highest BCUT2D eigenvalue weighted by molar-refractivity contribution is 8.11. The summed E-state index contributed by atoms with van der Waals surface area (Å²) < 4.78 is 27.8. The van der Waals surface area contributed by atoms with Crippen LogP contribution in [0.1, 0.15) is 30.0 Å². The maximum Gasteiger partial charge on any atom is 0.311 e. The third-order valence-corrected chi connectivity index (χ3v) is 5.08. The highest BCUT2D eigenvalue weighted by Gasteiger charge is 2.36. The van der Waals surface area contributed by atoms with E-state index in [-0.39, 0.29) is 12.6 Å². The number of likely N-dealkylation sites (tertiary alicyclic amines) is 1. The van der Waals surface area contributed by atoms with E-state index in [9.17, 15) is 18.0 Å². The molecule has 0 aliphatic carbocycles. The number of benzene rings is 1. The summed E-state index contributed by atoms with van der Waals surface area (Å²) in [4.78, 5) is 26.2. The molecule has 0 bridgehead atoms. The predicted molar refractivity (Wildman–Crippen MR) is 100 cm³/mol. The third kappa shape index (κ3) is 5.63. The molecule has 1 aromatic carbocycles. The Bertz CT molecular complexity index is 772. The van der Waals surface area contributed by atoms with E-state index in [1.807, 2.05) is 36.1 Å². The van der Waals surface area contributed by atoms with E-state index >= 15 is 0 Å². The molecule has 1 aliphatic heterocycles. The van der Waals surface area contributed by atoms with Crippen LogP contribution in [0.5, 0.6) is 0 Å².